The molecule has 0 aliphatic heterocycles. The van der Waals surface area contributed by atoms with Gasteiger partial charge in [-0.1, -0.05) is 38.5 Å². The van der Waals surface area contributed by atoms with E-state index in [1.54, 1.807) is 18.1 Å². The van der Waals surface area contributed by atoms with Gasteiger partial charge in [0.15, 0.2) is 0 Å². The van der Waals surface area contributed by atoms with E-state index in [1.807, 2.05) is 0 Å². The van der Waals surface area contributed by atoms with Crippen molar-refractivity contribution >= 4 is 5.97 Å². The molecule has 23 heavy (non-hydrogen) atoms. The van der Waals surface area contributed by atoms with Crippen molar-refractivity contribution in [2.24, 2.45) is 23.2 Å². The molecule has 4 atom stereocenters. The van der Waals surface area contributed by atoms with Crippen LogP contribution in [0.15, 0.2) is 23.3 Å². The predicted molar refractivity (Wildman–Crippen MR) is 94.0 cm³/mol. The van der Waals surface area contributed by atoms with Crippen molar-refractivity contribution in [1.29, 1.82) is 0 Å². The lowest BCUT2D eigenvalue weighted by Gasteiger charge is -2.57. The Morgan fingerprint density at radius 2 is 2.04 bits per heavy atom. The van der Waals surface area contributed by atoms with Gasteiger partial charge in [0.2, 0.25) is 0 Å². The van der Waals surface area contributed by atoms with Crippen molar-refractivity contribution in [3.8, 4) is 0 Å². The standard InChI is InChI=1S/C21H32O2/c1-14(2)16-7-9-18-17(13-16)8-10-19-20(18,4)11-6-12-21(19,5)23-15(3)22/h8,13-14,18-19H,6-7,9-12H2,1-5H3/t18-,19+,20+,21+/m0/s1. The van der Waals surface area contributed by atoms with E-state index in [9.17, 15) is 4.79 Å². The summed E-state index contributed by atoms with van der Waals surface area (Å²) in [5.41, 5.74) is 3.15. The van der Waals surface area contributed by atoms with Crippen molar-refractivity contribution in [3.63, 3.8) is 0 Å². The van der Waals surface area contributed by atoms with Gasteiger partial charge >= 0.3 is 5.97 Å². The Morgan fingerprint density at radius 1 is 1.30 bits per heavy atom. The van der Waals surface area contributed by atoms with E-state index in [-0.39, 0.29) is 17.0 Å². The summed E-state index contributed by atoms with van der Waals surface area (Å²) in [6, 6.07) is 0. The molecule has 0 N–H and O–H groups in total. The van der Waals surface area contributed by atoms with E-state index in [0.717, 1.165) is 12.8 Å². The summed E-state index contributed by atoms with van der Waals surface area (Å²) in [4.78, 5) is 11.6. The lowest BCUT2D eigenvalue weighted by molar-refractivity contribution is -0.180. The van der Waals surface area contributed by atoms with Gasteiger partial charge in [-0.05, 0) is 68.3 Å². The average molecular weight is 316 g/mol. The number of carbonyl (C=O) groups excluding carboxylic acids is 1. The van der Waals surface area contributed by atoms with Crippen LogP contribution in [-0.4, -0.2) is 11.6 Å². The second-order valence-electron chi connectivity index (χ2n) is 8.72. The number of carbonyl (C=O) groups is 1. The Kier molecular flexibility index (Phi) is 4.23. The molecule has 0 radical (unpaired) electrons. The van der Waals surface area contributed by atoms with E-state index in [0.29, 0.717) is 17.8 Å². The second kappa shape index (κ2) is 5.79. The second-order valence-corrected chi connectivity index (χ2v) is 8.72. The monoisotopic (exact) mass is 316 g/mol. The number of hydrogen-bond donors (Lipinski definition) is 0. The molecule has 2 heteroatoms. The molecule has 128 valence electrons. The highest BCUT2D eigenvalue weighted by Crippen LogP contribution is 2.60. The fourth-order valence-corrected chi connectivity index (χ4v) is 5.74. The fraction of sp³-hybridized carbons (Fsp3) is 0.762. The molecule has 0 aromatic carbocycles. The molecule has 0 spiro atoms. The van der Waals surface area contributed by atoms with Crippen LogP contribution in [0.2, 0.25) is 0 Å². The number of ether oxygens (including phenoxy) is 1. The molecular formula is C21H32O2. The molecule has 3 aliphatic carbocycles. The van der Waals surface area contributed by atoms with Crippen molar-refractivity contribution < 1.29 is 9.53 Å². The largest absolute Gasteiger partial charge is 0.459 e. The van der Waals surface area contributed by atoms with Crippen molar-refractivity contribution in [3.05, 3.63) is 23.3 Å². The Morgan fingerprint density at radius 3 is 2.70 bits per heavy atom. The van der Waals surface area contributed by atoms with Crippen LogP contribution < -0.4 is 0 Å². The summed E-state index contributed by atoms with van der Waals surface area (Å²) < 4.78 is 5.87. The van der Waals surface area contributed by atoms with Gasteiger partial charge in [-0.15, -0.1) is 0 Å². The van der Waals surface area contributed by atoms with Crippen LogP contribution in [0.25, 0.3) is 0 Å². The zero-order valence-electron chi connectivity index (χ0n) is 15.4. The molecule has 0 bridgehead atoms. The molecule has 0 aromatic rings. The first kappa shape index (κ1) is 16.8. The molecule has 0 aromatic heterocycles. The zero-order valence-corrected chi connectivity index (χ0v) is 15.4. The number of rotatable bonds is 2. The van der Waals surface area contributed by atoms with Gasteiger partial charge in [0.05, 0.1) is 0 Å². The molecule has 0 amide bonds. The minimum Gasteiger partial charge on any atom is -0.459 e. The van der Waals surface area contributed by atoms with Crippen LogP contribution in [0.3, 0.4) is 0 Å². The highest BCUT2D eigenvalue weighted by Gasteiger charge is 2.55. The third kappa shape index (κ3) is 2.79. The number of esters is 1. The number of fused-ring (bicyclic) bond motifs is 3. The summed E-state index contributed by atoms with van der Waals surface area (Å²) in [5, 5.41) is 0. The molecule has 0 saturated heterocycles. The fourth-order valence-electron chi connectivity index (χ4n) is 5.74. The lowest BCUT2D eigenvalue weighted by Crippen LogP contribution is -2.55. The first-order valence-corrected chi connectivity index (χ1v) is 9.36. The predicted octanol–water partition coefficient (Wildman–Crippen LogP) is 5.44. The molecule has 2 nitrogen and oxygen atoms in total. The van der Waals surface area contributed by atoms with Gasteiger partial charge in [-0.2, -0.15) is 0 Å². The maximum Gasteiger partial charge on any atom is 0.303 e. The third-order valence-electron chi connectivity index (χ3n) is 6.90. The van der Waals surface area contributed by atoms with Gasteiger partial charge in [-0.25, -0.2) is 0 Å². The van der Waals surface area contributed by atoms with Crippen LogP contribution in [0.4, 0.5) is 0 Å². The van der Waals surface area contributed by atoms with Gasteiger partial charge in [-0.3, -0.25) is 4.79 Å². The molecule has 3 aliphatic rings. The lowest BCUT2D eigenvalue weighted by atomic mass is 9.50. The molecule has 3 rings (SSSR count). The topological polar surface area (TPSA) is 26.3 Å². The Labute approximate surface area is 141 Å². The van der Waals surface area contributed by atoms with E-state index >= 15 is 0 Å². The molecule has 0 heterocycles. The Bertz CT molecular complexity index is 556. The van der Waals surface area contributed by atoms with Crippen LogP contribution in [0, 0.1) is 23.2 Å². The van der Waals surface area contributed by atoms with E-state index in [4.69, 9.17) is 4.74 Å². The smallest absolute Gasteiger partial charge is 0.303 e. The van der Waals surface area contributed by atoms with Crippen molar-refractivity contribution in [1.82, 2.24) is 0 Å². The Hall–Kier alpha value is -1.05. The van der Waals surface area contributed by atoms with Crippen LogP contribution in [0.5, 0.6) is 0 Å². The maximum absolute atomic E-state index is 11.6. The highest BCUT2D eigenvalue weighted by molar-refractivity contribution is 5.66. The van der Waals surface area contributed by atoms with Gasteiger partial charge in [0.1, 0.15) is 5.60 Å². The minimum atomic E-state index is -0.289. The average Bonchev–Trinajstić information content (AvgIpc) is 2.45. The zero-order chi connectivity index (χ0) is 16.8. The summed E-state index contributed by atoms with van der Waals surface area (Å²) in [6.07, 6.45) is 11.9. The summed E-state index contributed by atoms with van der Waals surface area (Å²) in [7, 11) is 0. The normalized spacial score (nSPS) is 39.9. The van der Waals surface area contributed by atoms with E-state index < -0.39 is 0 Å². The summed E-state index contributed by atoms with van der Waals surface area (Å²) in [5.74, 6) is 1.62. The van der Waals surface area contributed by atoms with Crippen LogP contribution in [0.1, 0.15) is 73.1 Å². The number of allylic oxidation sites excluding steroid dienone is 4. The van der Waals surface area contributed by atoms with Crippen LogP contribution in [-0.2, 0) is 9.53 Å². The van der Waals surface area contributed by atoms with Crippen molar-refractivity contribution in [2.45, 2.75) is 78.7 Å². The SMILES string of the molecule is CC(=O)O[C@]1(C)CCC[C@@]2(C)[C@H]1CC=C1C=C(C(C)C)CC[C@@H]12. The van der Waals surface area contributed by atoms with E-state index in [1.165, 1.54) is 25.7 Å². The molecule has 1 saturated carbocycles. The summed E-state index contributed by atoms with van der Waals surface area (Å²) in [6.45, 7) is 10.8. The third-order valence-corrected chi connectivity index (χ3v) is 6.90. The van der Waals surface area contributed by atoms with E-state index in [2.05, 4.69) is 39.8 Å². The molecule has 1 fully saturated rings. The molecular weight excluding hydrogens is 284 g/mol. The quantitative estimate of drug-likeness (QED) is 0.634. The van der Waals surface area contributed by atoms with Gasteiger partial charge in [0, 0.05) is 12.8 Å². The first-order valence-electron chi connectivity index (χ1n) is 9.36. The van der Waals surface area contributed by atoms with Gasteiger partial charge < -0.3 is 4.74 Å². The highest BCUT2D eigenvalue weighted by atomic mass is 16.6. The molecule has 0 unspecified atom stereocenters. The van der Waals surface area contributed by atoms with Gasteiger partial charge in [0.25, 0.3) is 0 Å². The van der Waals surface area contributed by atoms with Crippen LogP contribution >= 0.6 is 0 Å². The maximum atomic E-state index is 11.6. The Balaban J connectivity index is 1.95. The number of hydrogen-bond acceptors (Lipinski definition) is 2. The first-order chi connectivity index (χ1) is 10.8. The van der Waals surface area contributed by atoms with Crippen molar-refractivity contribution in [2.75, 3.05) is 0 Å². The summed E-state index contributed by atoms with van der Waals surface area (Å²) >= 11 is 0. The minimum absolute atomic E-state index is 0.128.